The molecule has 2 heteroatoms. The van der Waals surface area contributed by atoms with E-state index in [9.17, 15) is 0 Å². The molecule has 0 aliphatic heterocycles. The van der Waals surface area contributed by atoms with Crippen LogP contribution in [0.15, 0.2) is 42.5 Å². The molecule has 1 atom stereocenters. The van der Waals surface area contributed by atoms with Crippen LogP contribution in [0.2, 0.25) is 0 Å². The van der Waals surface area contributed by atoms with E-state index in [1.54, 1.807) is 7.11 Å². The van der Waals surface area contributed by atoms with E-state index in [-0.39, 0.29) is 6.04 Å². The Hall–Kier alpha value is -1.80. The molecular weight excluding hydrogens is 222 g/mol. The fraction of sp³-hybridized carbons (Fsp3) is 0.250. The SMILES string of the molecule is COc1ccc(-c2cccc3c2CCC3N)cc1. The predicted octanol–water partition coefficient (Wildman–Crippen LogP) is 3.31. The molecule has 92 valence electrons. The molecule has 1 unspecified atom stereocenters. The summed E-state index contributed by atoms with van der Waals surface area (Å²) in [5.74, 6) is 0.892. The first-order chi connectivity index (χ1) is 8.79. The molecule has 0 heterocycles. The molecule has 0 fully saturated rings. The van der Waals surface area contributed by atoms with Gasteiger partial charge in [-0.15, -0.1) is 0 Å². The average molecular weight is 239 g/mol. The van der Waals surface area contributed by atoms with E-state index in [1.165, 1.54) is 22.3 Å². The number of fused-ring (bicyclic) bond motifs is 1. The molecular formula is C16H17NO. The Bertz CT molecular complexity index is 560. The Morgan fingerprint density at radius 3 is 2.61 bits per heavy atom. The largest absolute Gasteiger partial charge is 0.497 e. The van der Waals surface area contributed by atoms with E-state index in [1.807, 2.05) is 12.1 Å². The maximum atomic E-state index is 6.12. The maximum absolute atomic E-state index is 6.12. The molecule has 2 N–H and O–H groups in total. The smallest absolute Gasteiger partial charge is 0.118 e. The lowest BCUT2D eigenvalue weighted by Gasteiger charge is -2.10. The van der Waals surface area contributed by atoms with E-state index < -0.39 is 0 Å². The number of hydrogen-bond donors (Lipinski definition) is 1. The van der Waals surface area contributed by atoms with Crippen LogP contribution in [0.1, 0.15) is 23.6 Å². The molecule has 0 saturated heterocycles. The van der Waals surface area contributed by atoms with Crippen molar-refractivity contribution in [3.8, 4) is 16.9 Å². The second-order valence-electron chi connectivity index (χ2n) is 4.75. The van der Waals surface area contributed by atoms with Crippen molar-refractivity contribution < 1.29 is 4.74 Å². The minimum absolute atomic E-state index is 0.207. The number of nitrogens with two attached hydrogens (primary N) is 1. The third-order valence-corrected chi connectivity index (χ3v) is 3.72. The van der Waals surface area contributed by atoms with Crippen LogP contribution in [0, 0.1) is 0 Å². The highest BCUT2D eigenvalue weighted by atomic mass is 16.5. The van der Waals surface area contributed by atoms with Crippen molar-refractivity contribution in [2.24, 2.45) is 5.73 Å². The van der Waals surface area contributed by atoms with Gasteiger partial charge in [-0.25, -0.2) is 0 Å². The number of ether oxygens (including phenoxy) is 1. The van der Waals surface area contributed by atoms with Gasteiger partial charge in [0.15, 0.2) is 0 Å². The minimum atomic E-state index is 0.207. The van der Waals surface area contributed by atoms with Crippen LogP contribution in [-0.2, 0) is 6.42 Å². The highest BCUT2D eigenvalue weighted by Crippen LogP contribution is 2.36. The summed E-state index contributed by atoms with van der Waals surface area (Å²) in [6.07, 6.45) is 2.14. The molecule has 3 rings (SSSR count). The number of methoxy groups -OCH3 is 1. The van der Waals surface area contributed by atoms with E-state index in [0.29, 0.717) is 0 Å². The van der Waals surface area contributed by atoms with Crippen molar-refractivity contribution >= 4 is 0 Å². The standard InChI is InChI=1S/C16H17NO/c1-18-12-7-5-11(6-8-12)13-3-2-4-15-14(13)9-10-16(15)17/h2-8,16H,9-10,17H2,1H3. The maximum Gasteiger partial charge on any atom is 0.118 e. The summed E-state index contributed by atoms with van der Waals surface area (Å²) >= 11 is 0. The second-order valence-corrected chi connectivity index (χ2v) is 4.75. The molecule has 0 aromatic heterocycles. The zero-order valence-electron chi connectivity index (χ0n) is 10.5. The van der Waals surface area contributed by atoms with Crippen LogP contribution in [0.4, 0.5) is 0 Å². The highest BCUT2D eigenvalue weighted by Gasteiger charge is 2.21. The molecule has 0 bridgehead atoms. The molecule has 2 aromatic carbocycles. The van der Waals surface area contributed by atoms with Crippen molar-refractivity contribution in [1.29, 1.82) is 0 Å². The molecule has 0 spiro atoms. The van der Waals surface area contributed by atoms with Gasteiger partial charge in [0.25, 0.3) is 0 Å². The van der Waals surface area contributed by atoms with Crippen molar-refractivity contribution in [1.82, 2.24) is 0 Å². The normalized spacial score (nSPS) is 17.6. The van der Waals surface area contributed by atoms with Gasteiger partial charge in [0.2, 0.25) is 0 Å². The highest BCUT2D eigenvalue weighted by molar-refractivity contribution is 5.70. The molecule has 2 nitrogen and oxygen atoms in total. The summed E-state index contributed by atoms with van der Waals surface area (Å²) in [4.78, 5) is 0. The monoisotopic (exact) mass is 239 g/mol. The van der Waals surface area contributed by atoms with Gasteiger partial charge < -0.3 is 10.5 Å². The average Bonchev–Trinajstić information content (AvgIpc) is 2.81. The fourth-order valence-electron chi connectivity index (χ4n) is 2.73. The van der Waals surface area contributed by atoms with Crippen LogP contribution in [0.25, 0.3) is 11.1 Å². The van der Waals surface area contributed by atoms with E-state index in [4.69, 9.17) is 10.5 Å². The Kier molecular flexibility index (Phi) is 2.80. The van der Waals surface area contributed by atoms with Gasteiger partial charge in [-0.05, 0) is 47.2 Å². The lowest BCUT2D eigenvalue weighted by atomic mass is 9.96. The first-order valence-electron chi connectivity index (χ1n) is 6.31. The summed E-state index contributed by atoms with van der Waals surface area (Å²) in [5, 5.41) is 0. The predicted molar refractivity (Wildman–Crippen MR) is 73.7 cm³/mol. The second kappa shape index (κ2) is 4.46. The van der Waals surface area contributed by atoms with Gasteiger partial charge in [-0.2, -0.15) is 0 Å². The quantitative estimate of drug-likeness (QED) is 0.872. The summed E-state index contributed by atoms with van der Waals surface area (Å²) in [7, 11) is 1.69. The first kappa shape index (κ1) is 11.3. The Morgan fingerprint density at radius 1 is 1.11 bits per heavy atom. The van der Waals surface area contributed by atoms with Gasteiger partial charge in [-0.1, -0.05) is 30.3 Å². The van der Waals surface area contributed by atoms with E-state index >= 15 is 0 Å². The van der Waals surface area contributed by atoms with E-state index in [0.717, 1.165) is 18.6 Å². The van der Waals surface area contributed by atoms with Gasteiger partial charge in [0.05, 0.1) is 7.11 Å². The first-order valence-corrected chi connectivity index (χ1v) is 6.31. The van der Waals surface area contributed by atoms with Crippen LogP contribution in [0.3, 0.4) is 0 Å². The molecule has 0 radical (unpaired) electrons. The zero-order chi connectivity index (χ0) is 12.5. The molecule has 1 aliphatic carbocycles. The van der Waals surface area contributed by atoms with Gasteiger partial charge in [0, 0.05) is 6.04 Å². The molecule has 18 heavy (non-hydrogen) atoms. The Labute approximate surface area is 107 Å². The Morgan fingerprint density at radius 2 is 1.89 bits per heavy atom. The topological polar surface area (TPSA) is 35.2 Å². The lowest BCUT2D eigenvalue weighted by Crippen LogP contribution is -2.04. The number of hydrogen-bond acceptors (Lipinski definition) is 2. The van der Waals surface area contributed by atoms with Crippen LogP contribution in [-0.4, -0.2) is 7.11 Å². The van der Waals surface area contributed by atoms with E-state index in [2.05, 4.69) is 30.3 Å². The third kappa shape index (κ3) is 1.79. The summed E-state index contributed by atoms with van der Waals surface area (Å²) in [6, 6.07) is 14.9. The van der Waals surface area contributed by atoms with Gasteiger partial charge >= 0.3 is 0 Å². The van der Waals surface area contributed by atoms with Crippen molar-refractivity contribution in [2.45, 2.75) is 18.9 Å². The molecule has 0 saturated carbocycles. The Balaban J connectivity index is 2.06. The van der Waals surface area contributed by atoms with Crippen LogP contribution < -0.4 is 10.5 Å². The molecule has 2 aromatic rings. The summed E-state index contributed by atoms with van der Waals surface area (Å²) < 4.78 is 5.19. The third-order valence-electron chi connectivity index (χ3n) is 3.72. The summed E-state index contributed by atoms with van der Waals surface area (Å²) in [6.45, 7) is 0. The zero-order valence-corrected chi connectivity index (χ0v) is 10.5. The molecule has 0 amide bonds. The van der Waals surface area contributed by atoms with Crippen molar-refractivity contribution in [3.63, 3.8) is 0 Å². The van der Waals surface area contributed by atoms with Crippen LogP contribution in [0.5, 0.6) is 5.75 Å². The summed E-state index contributed by atoms with van der Waals surface area (Å²) in [5.41, 5.74) is 11.4. The molecule has 1 aliphatic rings. The van der Waals surface area contributed by atoms with Crippen molar-refractivity contribution in [2.75, 3.05) is 7.11 Å². The van der Waals surface area contributed by atoms with Gasteiger partial charge in [0.1, 0.15) is 5.75 Å². The number of benzene rings is 2. The minimum Gasteiger partial charge on any atom is -0.497 e. The van der Waals surface area contributed by atoms with Crippen LogP contribution >= 0.6 is 0 Å². The van der Waals surface area contributed by atoms with Gasteiger partial charge in [-0.3, -0.25) is 0 Å². The lowest BCUT2D eigenvalue weighted by molar-refractivity contribution is 0.415. The fourth-order valence-corrected chi connectivity index (χ4v) is 2.73. The van der Waals surface area contributed by atoms with Crippen molar-refractivity contribution in [3.05, 3.63) is 53.6 Å². The number of rotatable bonds is 2.